The summed E-state index contributed by atoms with van der Waals surface area (Å²) in [6.07, 6.45) is 1.34. The predicted molar refractivity (Wildman–Crippen MR) is 154 cm³/mol. The van der Waals surface area contributed by atoms with Crippen LogP contribution in [0, 0.1) is 0 Å². The van der Waals surface area contributed by atoms with Crippen molar-refractivity contribution in [2.75, 3.05) is 13.2 Å². The van der Waals surface area contributed by atoms with E-state index in [9.17, 15) is 9.59 Å². The Labute approximate surface area is 222 Å². The van der Waals surface area contributed by atoms with Crippen molar-refractivity contribution in [3.63, 3.8) is 0 Å². The van der Waals surface area contributed by atoms with E-state index in [2.05, 4.69) is 0 Å². The highest BCUT2D eigenvalue weighted by molar-refractivity contribution is 8.89. The van der Waals surface area contributed by atoms with Gasteiger partial charge in [-0.3, -0.25) is 18.7 Å². The van der Waals surface area contributed by atoms with Crippen LogP contribution in [0.2, 0.25) is 0 Å². The maximum atomic E-state index is 12.2. The Morgan fingerprint density at radius 1 is 0.735 bits per heavy atom. The monoisotopic (exact) mass is 568 g/mol. The molecular formula is C22H20N2O4S6. The number of aromatic nitrogens is 2. The minimum Gasteiger partial charge on any atom is -0.478 e. The summed E-state index contributed by atoms with van der Waals surface area (Å²) in [6, 6.07) is 15.5. The van der Waals surface area contributed by atoms with E-state index in [0.717, 1.165) is 20.4 Å². The van der Waals surface area contributed by atoms with E-state index in [1.54, 1.807) is 9.13 Å². The molecule has 12 heteroatoms. The number of para-hydroxylation sites is 2. The first-order chi connectivity index (χ1) is 16.5. The second kappa shape index (κ2) is 12.3. The molecule has 0 aliphatic carbocycles. The van der Waals surface area contributed by atoms with E-state index >= 15 is 0 Å². The molecule has 0 fully saturated rings. The summed E-state index contributed by atoms with van der Waals surface area (Å²) >= 11 is 13.0. The molecule has 2 aromatic heterocycles. The van der Waals surface area contributed by atoms with Crippen molar-refractivity contribution in [3.8, 4) is 0 Å². The highest BCUT2D eigenvalue weighted by Gasteiger charge is 2.09. The Balaban J connectivity index is 1.11. The van der Waals surface area contributed by atoms with Gasteiger partial charge >= 0.3 is 9.75 Å². The molecule has 0 unspecified atom stereocenters. The van der Waals surface area contributed by atoms with Gasteiger partial charge in [-0.25, -0.2) is 0 Å². The SMILES string of the molecule is O=c1sc2ccccc2n1CCCOC(=S)SSC(=S)OCCCn1c(=O)sc2ccccc21. The third kappa shape index (κ3) is 6.49. The van der Waals surface area contributed by atoms with Crippen LogP contribution in [0.4, 0.5) is 0 Å². The zero-order valence-corrected chi connectivity index (χ0v) is 22.7. The molecule has 2 aromatic carbocycles. The second-order valence-electron chi connectivity index (χ2n) is 7.05. The van der Waals surface area contributed by atoms with Gasteiger partial charge in [0, 0.05) is 34.7 Å². The van der Waals surface area contributed by atoms with Crippen molar-refractivity contribution in [2.45, 2.75) is 25.9 Å². The lowest BCUT2D eigenvalue weighted by Gasteiger charge is -2.09. The normalized spacial score (nSPS) is 11.2. The van der Waals surface area contributed by atoms with Gasteiger partial charge in [0.25, 0.3) is 0 Å². The maximum absolute atomic E-state index is 12.2. The summed E-state index contributed by atoms with van der Waals surface area (Å²) in [5.41, 5.74) is 1.90. The zero-order chi connectivity index (χ0) is 23.9. The minimum absolute atomic E-state index is 0.0354. The standard InChI is InChI=1S/C22H20N2O4S6/c25-19-23(15-7-1-3-9-17(15)31-19)11-5-13-27-21(29)33-34-22(30)28-14-6-12-24-16-8-2-4-10-18(16)32-20(24)26/h1-4,7-10H,5-6,11-14H2. The Morgan fingerprint density at radius 2 is 1.15 bits per heavy atom. The smallest absolute Gasteiger partial charge is 0.308 e. The van der Waals surface area contributed by atoms with Crippen LogP contribution in [0.15, 0.2) is 58.1 Å². The van der Waals surface area contributed by atoms with Gasteiger partial charge in [0.15, 0.2) is 0 Å². The van der Waals surface area contributed by atoms with Gasteiger partial charge in [-0.2, -0.15) is 0 Å². The Hall–Kier alpha value is -1.70. The fourth-order valence-electron chi connectivity index (χ4n) is 3.32. The lowest BCUT2D eigenvalue weighted by Crippen LogP contribution is -2.14. The van der Waals surface area contributed by atoms with Crippen molar-refractivity contribution >= 4 is 97.9 Å². The topological polar surface area (TPSA) is 62.5 Å². The quantitative estimate of drug-likeness (QED) is 0.148. The lowest BCUT2D eigenvalue weighted by atomic mass is 10.3. The van der Waals surface area contributed by atoms with E-state index in [4.69, 9.17) is 33.9 Å². The van der Waals surface area contributed by atoms with Gasteiger partial charge in [-0.05, 0) is 61.5 Å². The number of hydrogen-bond acceptors (Lipinski definition) is 10. The largest absolute Gasteiger partial charge is 0.478 e. The molecule has 0 saturated carbocycles. The highest BCUT2D eigenvalue weighted by atomic mass is 33.1. The fraction of sp³-hybridized carbons (Fsp3) is 0.273. The number of nitrogens with zero attached hydrogens (tertiary/aromatic N) is 2. The molecule has 0 radical (unpaired) electrons. The van der Waals surface area contributed by atoms with Crippen molar-refractivity contribution in [2.24, 2.45) is 0 Å². The molecular weight excluding hydrogens is 549 g/mol. The van der Waals surface area contributed by atoms with Gasteiger partial charge in [0.05, 0.1) is 33.6 Å². The molecule has 0 bridgehead atoms. The Kier molecular flexibility index (Phi) is 9.20. The number of thiocarbonyl (C=S) groups is 2. The number of rotatable bonds is 8. The van der Waals surface area contributed by atoms with E-state index in [0.29, 0.717) is 47.9 Å². The molecule has 178 valence electrons. The maximum Gasteiger partial charge on any atom is 0.308 e. The summed E-state index contributed by atoms with van der Waals surface area (Å²) in [5.74, 6) is 0. The first kappa shape index (κ1) is 25.4. The van der Waals surface area contributed by atoms with Crippen LogP contribution < -0.4 is 9.75 Å². The third-order valence-corrected chi connectivity index (χ3v) is 9.86. The number of thiazole rings is 2. The molecule has 6 nitrogen and oxygen atoms in total. The average molecular weight is 569 g/mol. The van der Waals surface area contributed by atoms with Gasteiger partial charge < -0.3 is 9.47 Å². The molecule has 0 atom stereocenters. The molecule has 4 rings (SSSR count). The van der Waals surface area contributed by atoms with Crippen molar-refractivity contribution < 1.29 is 9.47 Å². The molecule has 34 heavy (non-hydrogen) atoms. The number of ether oxygens (including phenoxy) is 2. The van der Waals surface area contributed by atoms with Crippen molar-refractivity contribution in [1.29, 1.82) is 0 Å². The second-order valence-corrected chi connectivity index (χ2v) is 12.4. The molecule has 0 aliphatic rings. The zero-order valence-electron chi connectivity index (χ0n) is 17.8. The van der Waals surface area contributed by atoms with E-state index in [-0.39, 0.29) is 9.75 Å². The van der Waals surface area contributed by atoms with Crippen LogP contribution in [0.1, 0.15) is 12.8 Å². The summed E-state index contributed by atoms with van der Waals surface area (Å²) in [4.78, 5) is 24.4. The lowest BCUT2D eigenvalue weighted by molar-refractivity contribution is 0.305. The van der Waals surface area contributed by atoms with Gasteiger partial charge in [-0.1, -0.05) is 46.9 Å². The molecule has 0 aliphatic heterocycles. The molecule has 0 saturated heterocycles. The van der Waals surface area contributed by atoms with E-state index < -0.39 is 0 Å². The molecule has 0 spiro atoms. The number of aryl methyl sites for hydroxylation is 2. The Morgan fingerprint density at radius 3 is 1.59 bits per heavy atom. The van der Waals surface area contributed by atoms with Crippen LogP contribution >= 0.6 is 68.7 Å². The molecule has 0 amide bonds. The summed E-state index contributed by atoms with van der Waals surface area (Å²) < 4.78 is 17.4. The van der Waals surface area contributed by atoms with Gasteiger partial charge in [-0.15, -0.1) is 0 Å². The fourth-order valence-corrected chi connectivity index (χ4v) is 7.03. The molecule has 2 heterocycles. The number of benzene rings is 2. The number of hydrogen-bond donors (Lipinski definition) is 0. The van der Waals surface area contributed by atoms with E-state index in [1.165, 1.54) is 44.3 Å². The first-order valence-electron chi connectivity index (χ1n) is 10.4. The Bertz CT molecular complexity index is 1310. The summed E-state index contributed by atoms with van der Waals surface area (Å²) in [5, 5.41) is 0. The summed E-state index contributed by atoms with van der Waals surface area (Å²) in [7, 11) is 2.48. The van der Waals surface area contributed by atoms with Crippen LogP contribution in [0.25, 0.3) is 20.4 Å². The molecule has 0 N–H and O–H groups in total. The highest BCUT2D eigenvalue weighted by Crippen LogP contribution is 2.26. The first-order valence-corrected chi connectivity index (χ1v) is 15.0. The van der Waals surface area contributed by atoms with E-state index in [1.807, 2.05) is 48.5 Å². The van der Waals surface area contributed by atoms with Crippen LogP contribution in [0.3, 0.4) is 0 Å². The average Bonchev–Trinajstić information content (AvgIpc) is 3.33. The van der Waals surface area contributed by atoms with Crippen LogP contribution in [-0.4, -0.2) is 31.1 Å². The summed E-state index contributed by atoms with van der Waals surface area (Å²) in [6.45, 7) is 1.99. The van der Waals surface area contributed by atoms with Gasteiger partial charge in [0.2, 0.25) is 8.77 Å². The minimum atomic E-state index is 0.0354. The third-order valence-electron chi connectivity index (χ3n) is 4.82. The van der Waals surface area contributed by atoms with Crippen LogP contribution in [-0.2, 0) is 22.6 Å². The predicted octanol–water partition coefficient (Wildman–Crippen LogP) is 5.90. The number of fused-ring (bicyclic) bond motifs is 2. The van der Waals surface area contributed by atoms with Gasteiger partial charge in [0.1, 0.15) is 0 Å². The van der Waals surface area contributed by atoms with Crippen molar-refractivity contribution in [3.05, 3.63) is 67.9 Å². The van der Waals surface area contributed by atoms with Crippen LogP contribution in [0.5, 0.6) is 0 Å². The molecule has 4 aromatic rings. The van der Waals surface area contributed by atoms with Crippen molar-refractivity contribution in [1.82, 2.24) is 9.13 Å².